The number of carbonyl (C=O) groups is 1. The van der Waals surface area contributed by atoms with Crippen LogP contribution in [0.2, 0.25) is 5.02 Å². The van der Waals surface area contributed by atoms with Crippen molar-refractivity contribution in [2.75, 3.05) is 7.11 Å². The van der Waals surface area contributed by atoms with Gasteiger partial charge in [-0.15, -0.1) is 5.10 Å². The smallest absolute Gasteiger partial charge is 0.274 e. The summed E-state index contributed by atoms with van der Waals surface area (Å²) in [7, 11) is 1.59. The summed E-state index contributed by atoms with van der Waals surface area (Å²) in [5.74, 6) is 0.348. The van der Waals surface area contributed by atoms with Gasteiger partial charge in [0.2, 0.25) is 0 Å². The van der Waals surface area contributed by atoms with Gasteiger partial charge >= 0.3 is 0 Å². The Kier molecular flexibility index (Phi) is 5.72. The lowest BCUT2D eigenvalue weighted by Crippen LogP contribution is -2.24. The minimum atomic E-state index is -0.354. The van der Waals surface area contributed by atoms with E-state index in [2.05, 4.69) is 20.6 Å². The van der Waals surface area contributed by atoms with Crippen LogP contribution in [-0.4, -0.2) is 33.0 Å². The van der Waals surface area contributed by atoms with Gasteiger partial charge in [-0.2, -0.15) is 0 Å². The molecule has 1 amide bonds. The molecular weight excluding hydrogens is 402 g/mol. The molecule has 0 aliphatic heterocycles. The van der Waals surface area contributed by atoms with Gasteiger partial charge in [-0.25, -0.2) is 4.68 Å². The number of pyridine rings is 1. The van der Waals surface area contributed by atoms with E-state index in [-0.39, 0.29) is 11.6 Å². The first-order valence-corrected chi connectivity index (χ1v) is 9.57. The molecule has 0 bridgehead atoms. The van der Waals surface area contributed by atoms with Crippen molar-refractivity contribution < 1.29 is 9.53 Å². The van der Waals surface area contributed by atoms with Gasteiger partial charge < -0.3 is 10.1 Å². The number of amides is 1. The van der Waals surface area contributed by atoms with E-state index < -0.39 is 0 Å². The molecule has 150 valence electrons. The summed E-state index contributed by atoms with van der Waals surface area (Å²) in [6.45, 7) is 0.291. The number of nitrogens with one attached hydrogen (secondary N) is 1. The molecule has 0 radical (unpaired) electrons. The van der Waals surface area contributed by atoms with Crippen LogP contribution in [0.5, 0.6) is 5.75 Å². The van der Waals surface area contributed by atoms with Crippen LogP contribution in [0.15, 0.2) is 73.1 Å². The Hall–Kier alpha value is -3.71. The number of ether oxygens (including phenoxy) is 1. The SMILES string of the molecule is COc1ccccc1CNC(=O)c1nnn(-c2cccc(Cl)c2)c1-c1cccnc1. The molecule has 2 aromatic heterocycles. The van der Waals surface area contributed by atoms with Crippen LogP contribution in [0.3, 0.4) is 0 Å². The van der Waals surface area contributed by atoms with Crippen molar-refractivity contribution in [1.82, 2.24) is 25.3 Å². The van der Waals surface area contributed by atoms with Crippen molar-refractivity contribution in [3.8, 4) is 22.7 Å². The van der Waals surface area contributed by atoms with Gasteiger partial charge in [-0.1, -0.05) is 41.1 Å². The van der Waals surface area contributed by atoms with Crippen molar-refractivity contribution in [2.45, 2.75) is 6.54 Å². The van der Waals surface area contributed by atoms with Crippen molar-refractivity contribution in [1.29, 1.82) is 0 Å². The van der Waals surface area contributed by atoms with Crippen molar-refractivity contribution in [2.24, 2.45) is 0 Å². The average molecular weight is 420 g/mol. The van der Waals surface area contributed by atoms with Gasteiger partial charge in [0.05, 0.1) is 12.8 Å². The number of nitrogens with zero attached hydrogens (tertiary/aromatic N) is 4. The largest absolute Gasteiger partial charge is 0.496 e. The Morgan fingerprint density at radius 1 is 1.13 bits per heavy atom. The third-order valence-electron chi connectivity index (χ3n) is 4.51. The zero-order valence-electron chi connectivity index (χ0n) is 16.1. The summed E-state index contributed by atoms with van der Waals surface area (Å²) < 4.78 is 6.93. The van der Waals surface area contributed by atoms with Crippen LogP contribution in [0.25, 0.3) is 16.9 Å². The van der Waals surface area contributed by atoms with E-state index in [0.29, 0.717) is 34.3 Å². The molecule has 0 saturated carbocycles. The second-order valence-electron chi connectivity index (χ2n) is 6.41. The monoisotopic (exact) mass is 419 g/mol. The van der Waals surface area contributed by atoms with Gasteiger partial charge in [-0.05, 0) is 36.4 Å². The Bertz CT molecular complexity index is 1180. The molecule has 4 rings (SSSR count). The molecule has 8 heteroatoms. The number of halogens is 1. The number of benzene rings is 2. The van der Waals surface area contributed by atoms with E-state index in [9.17, 15) is 4.79 Å². The van der Waals surface area contributed by atoms with Crippen LogP contribution in [0, 0.1) is 0 Å². The molecule has 1 N–H and O–H groups in total. The number of carbonyl (C=O) groups excluding carboxylic acids is 1. The highest BCUT2D eigenvalue weighted by Crippen LogP contribution is 2.26. The Morgan fingerprint density at radius 2 is 2.00 bits per heavy atom. The lowest BCUT2D eigenvalue weighted by Gasteiger charge is -2.10. The lowest BCUT2D eigenvalue weighted by atomic mass is 10.1. The summed E-state index contributed by atoms with van der Waals surface area (Å²) in [4.78, 5) is 17.2. The molecule has 0 spiro atoms. The molecule has 0 aliphatic rings. The molecule has 0 unspecified atom stereocenters. The first-order chi connectivity index (χ1) is 14.7. The minimum Gasteiger partial charge on any atom is -0.496 e. The fraction of sp³-hybridized carbons (Fsp3) is 0.0909. The van der Waals surface area contributed by atoms with E-state index in [1.54, 1.807) is 42.4 Å². The maximum atomic E-state index is 13.0. The van der Waals surface area contributed by atoms with Gasteiger partial charge in [0.25, 0.3) is 5.91 Å². The standard InChI is InChI=1S/C22H18ClN5O2/c1-30-19-10-3-2-6-15(19)14-25-22(29)20-21(16-7-5-11-24-13-16)28(27-26-20)18-9-4-8-17(23)12-18/h2-13H,14H2,1H3,(H,25,29). The molecule has 7 nitrogen and oxygen atoms in total. The van der Waals surface area contributed by atoms with Crippen LogP contribution < -0.4 is 10.1 Å². The van der Waals surface area contributed by atoms with Gasteiger partial charge in [-0.3, -0.25) is 9.78 Å². The van der Waals surface area contributed by atoms with Crippen molar-refractivity contribution >= 4 is 17.5 Å². The Balaban J connectivity index is 1.70. The number of para-hydroxylation sites is 1. The minimum absolute atomic E-state index is 0.192. The zero-order chi connectivity index (χ0) is 20.9. The number of hydrogen-bond donors (Lipinski definition) is 1. The molecule has 0 fully saturated rings. The molecular formula is C22H18ClN5O2. The highest BCUT2D eigenvalue weighted by molar-refractivity contribution is 6.30. The topological polar surface area (TPSA) is 81.9 Å². The normalized spacial score (nSPS) is 10.6. The number of rotatable bonds is 6. The average Bonchev–Trinajstić information content (AvgIpc) is 3.23. The first-order valence-electron chi connectivity index (χ1n) is 9.19. The van der Waals surface area contributed by atoms with Crippen LogP contribution in [0.1, 0.15) is 16.1 Å². The quantitative estimate of drug-likeness (QED) is 0.512. The van der Waals surface area contributed by atoms with E-state index in [4.69, 9.17) is 16.3 Å². The van der Waals surface area contributed by atoms with Gasteiger partial charge in [0.1, 0.15) is 11.4 Å². The fourth-order valence-corrected chi connectivity index (χ4v) is 3.28. The molecule has 4 aromatic rings. The van der Waals surface area contributed by atoms with Crippen LogP contribution in [0.4, 0.5) is 0 Å². The van der Waals surface area contributed by atoms with E-state index in [1.165, 1.54) is 0 Å². The second-order valence-corrected chi connectivity index (χ2v) is 6.85. The summed E-state index contributed by atoms with van der Waals surface area (Å²) >= 11 is 6.14. The third kappa shape index (κ3) is 4.01. The second kappa shape index (κ2) is 8.75. The Labute approximate surface area is 178 Å². The summed E-state index contributed by atoms with van der Waals surface area (Å²) in [6, 6.07) is 18.3. The first kappa shape index (κ1) is 19.6. The Morgan fingerprint density at radius 3 is 2.77 bits per heavy atom. The molecule has 0 aliphatic carbocycles. The van der Waals surface area contributed by atoms with Crippen molar-refractivity contribution in [3.63, 3.8) is 0 Å². The van der Waals surface area contributed by atoms with Gasteiger partial charge in [0, 0.05) is 35.1 Å². The molecule has 2 aromatic carbocycles. The number of methoxy groups -OCH3 is 1. The molecule has 0 atom stereocenters. The molecule has 30 heavy (non-hydrogen) atoms. The maximum absolute atomic E-state index is 13.0. The van der Waals surface area contributed by atoms with E-state index in [1.807, 2.05) is 42.5 Å². The highest BCUT2D eigenvalue weighted by atomic mass is 35.5. The van der Waals surface area contributed by atoms with Crippen LogP contribution >= 0.6 is 11.6 Å². The summed E-state index contributed by atoms with van der Waals surface area (Å²) in [5, 5.41) is 11.8. The fourth-order valence-electron chi connectivity index (χ4n) is 3.09. The van der Waals surface area contributed by atoms with Crippen LogP contribution in [-0.2, 0) is 6.54 Å². The predicted molar refractivity (Wildman–Crippen MR) is 114 cm³/mol. The number of hydrogen-bond acceptors (Lipinski definition) is 5. The third-order valence-corrected chi connectivity index (χ3v) is 4.74. The maximum Gasteiger partial charge on any atom is 0.274 e. The van der Waals surface area contributed by atoms with E-state index in [0.717, 1.165) is 5.56 Å². The number of aromatic nitrogens is 4. The van der Waals surface area contributed by atoms with Crippen molar-refractivity contribution in [3.05, 3.63) is 89.3 Å². The zero-order valence-corrected chi connectivity index (χ0v) is 16.9. The summed E-state index contributed by atoms with van der Waals surface area (Å²) in [5.41, 5.74) is 2.99. The highest BCUT2D eigenvalue weighted by Gasteiger charge is 2.22. The van der Waals surface area contributed by atoms with E-state index >= 15 is 0 Å². The molecule has 0 saturated heterocycles. The predicted octanol–water partition coefficient (Wildman–Crippen LogP) is 3.92. The molecule has 2 heterocycles. The van der Waals surface area contributed by atoms with Gasteiger partial charge in [0.15, 0.2) is 5.69 Å². The summed E-state index contributed by atoms with van der Waals surface area (Å²) in [6.07, 6.45) is 3.33. The lowest BCUT2D eigenvalue weighted by molar-refractivity contribution is 0.0946.